The van der Waals surface area contributed by atoms with Gasteiger partial charge in [0.05, 0.1) is 19.0 Å². The number of hydrogen-bond donors (Lipinski definition) is 7. The number of aromatic amines is 1. The van der Waals surface area contributed by atoms with Crippen LogP contribution in [0.15, 0.2) is 11.1 Å². The van der Waals surface area contributed by atoms with Gasteiger partial charge in [-0.1, -0.05) is 11.6 Å². The van der Waals surface area contributed by atoms with E-state index in [1.807, 2.05) is 0 Å². The number of imidazole rings is 1. The van der Waals surface area contributed by atoms with Gasteiger partial charge in [0.25, 0.3) is 5.56 Å². The molecule has 0 amide bonds. The van der Waals surface area contributed by atoms with Crippen LogP contribution in [0.3, 0.4) is 0 Å². The van der Waals surface area contributed by atoms with Gasteiger partial charge in [-0.25, -0.2) is 13.9 Å². The first-order valence-electron chi connectivity index (χ1n) is 8.37. The molecule has 2 aromatic rings. The first kappa shape index (κ1) is 25.4. The van der Waals surface area contributed by atoms with Crippen LogP contribution in [0.1, 0.15) is 12.6 Å². The summed E-state index contributed by atoms with van der Waals surface area (Å²) in [6.45, 7) is -0.836. The van der Waals surface area contributed by atoms with Crippen molar-refractivity contribution in [2.24, 2.45) is 0 Å². The van der Waals surface area contributed by atoms with E-state index < -0.39 is 58.5 Å². The fourth-order valence-electron chi connectivity index (χ4n) is 2.76. The first-order chi connectivity index (χ1) is 14.6. The number of nitrogens with two attached hydrogens (primary N) is 1. The third kappa shape index (κ3) is 5.47. The SMILES string of the molecule is Nc1nc2c(ncn2C2CC(O)C(COP(=O)(O)OP(=O)(O)[C@H](Cl)P(=O)(O)O)O2)c(=O)[nH]1. The molecule has 32 heavy (non-hydrogen) atoms. The van der Waals surface area contributed by atoms with Crippen molar-refractivity contribution in [2.75, 3.05) is 12.3 Å². The van der Waals surface area contributed by atoms with E-state index in [-0.39, 0.29) is 23.5 Å². The molecule has 0 aliphatic carbocycles. The van der Waals surface area contributed by atoms with Gasteiger partial charge in [0.15, 0.2) is 11.2 Å². The van der Waals surface area contributed by atoms with Gasteiger partial charge in [0.2, 0.25) is 10.8 Å². The van der Waals surface area contributed by atoms with Crippen molar-refractivity contribution in [1.82, 2.24) is 19.5 Å². The predicted molar refractivity (Wildman–Crippen MR) is 105 cm³/mol. The molecule has 1 aliphatic rings. The number of phosphoric acid groups is 1. The molecular weight excluding hydrogens is 523 g/mol. The number of aliphatic hydroxyl groups is 1. The van der Waals surface area contributed by atoms with Gasteiger partial charge in [0.1, 0.15) is 12.3 Å². The van der Waals surface area contributed by atoms with Crippen molar-refractivity contribution in [3.8, 4) is 0 Å². The molecule has 1 aliphatic heterocycles. The maximum atomic E-state index is 11.9. The summed E-state index contributed by atoms with van der Waals surface area (Å²) in [5.41, 5.74) is 4.90. The number of nitrogens with zero attached hydrogens (tertiary/aromatic N) is 3. The largest absolute Gasteiger partial charge is 0.479 e. The number of hydrogen-bond acceptors (Lipinski definition) is 11. The monoisotopic (exact) mass is 539 g/mol. The Morgan fingerprint density at radius 3 is 2.62 bits per heavy atom. The predicted octanol–water partition coefficient (Wildman–Crippen LogP) is -0.631. The quantitative estimate of drug-likeness (QED) is 0.162. The summed E-state index contributed by atoms with van der Waals surface area (Å²) in [4.78, 5) is 55.9. The first-order valence-corrected chi connectivity index (χ1v) is 13.6. The van der Waals surface area contributed by atoms with Crippen LogP contribution < -0.4 is 11.3 Å². The number of aliphatic hydroxyl groups excluding tert-OH is 1. The second kappa shape index (κ2) is 8.87. The molecule has 2 aromatic heterocycles. The molecule has 17 nitrogen and oxygen atoms in total. The van der Waals surface area contributed by atoms with Crippen LogP contribution in [-0.4, -0.2) is 67.9 Å². The van der Waals surface area contributed by atoms with E-state index in [9.17, 15) is 33.4 Å². The second-order valence-corrected chi connectivity index (χ2v) is 13.2. The number of ether oxygens (including phenoxy) is 1. The van der Waals surface area contributed by atoms with Crippen LogP contribution in [0.2, 0.25) is 0 Å². The Balaban J connectivity index is 1.68. The molecule has 1 fully saturated rings. The minimum atomic E-state index is -5.50. The number of nitrogens with one attached hydrogen (secondary N) is 1. The molecule has 8 N–H and O–H groups in total. The summed E-state index contributed by atoms with van der Waals surface area (Å²) in [5, 5.41) is 10.2. The molecule has 3 rings (SSSR count). The van der Waals surface area contributed by atoms with Crippen LogP contribution in [0, 0.1) is 0 Å². The lowest BCUT2D eigenvalue weighted by molar-refractivity contribution is -0.0421. The average Bonchev–Trinajstić information content (AvgIpc) is 3.21. The zero-order chi connectivity index (χ0) is 24.1. The molecule has 0 aromatic carbocycles. The van der Waals surface area contributed by atoms with Gasteiger partial charge >= 0.3 is 23.0 Å². The number of phosphoric ester groups is 1. The highest BCUT2D eigenvalue weighted by Crippen LogP contribution is 2.71. The Labute approximate surface area is 182 Å². The fraction of sp³-hybridized carbons (Fsp3) is 0.545. The summed E-state index contributed by atoms with van der Waals surface area (Å²) in [7, 11) is -16.2. The zero-order valence-electron chi connectivity index (χ0n) is 15.5. The molecule has 180 valence electrons. The van der Waals surface area contributed by atoms with Gasteiger partial charge < -0.3 is 35.2 Å². The van der Waals surface area contributed by atoms with Crippen molar-refractivity contribution in [1.29, 1.82) is 0 Å². The van der Waals surface area contributed by atoms with E-state index in [0.29, 0.717) is 0 Å². The third-order valence-electron chi connectivity index (χ3n) is 4.13. The van der Waals surface area contributed by atoms with Gasteiger partial charge in [-0.15, -0.1) is 0 Å². The second-order valence-electron chi connectivity index (χ2n) is 6.52. The summed E-state index contributed by atoms with van der Waals surface area (Å²) in [6, 6.07) is 0. The minimum Gasteiger partial charge on any atom is -0.390 e. The number of nitrogen functional groups attached to an aromatic ring is 1. The molecule has 0 radical (unpaired) electrons. The molecule has 0 spiro atoms. The summed E-state index contributed by atoms with van der Waals surface area (Å²) in [6.07, 6.45) is -2.36. The Hall–Kier alpha value is -1.19. The van der Waals surface area contributed by atoms with Gasteiger partial charge in [-0.05, 0) is 0 Å². The number of aromatic nitrogens is 4. The fourth-order valence-corrected chi connectivity index (χ4v) is 7.00. The van der Waals surface area contributed by atoms with Crippen LogP contribution in [0.25, 0.3) is 11.2 Å². The van der Waals surface area contributed by atoms with E-state index in [1.54, 1.807) is 0 Å². The topological polar surface area (TPSA) is 270 Å². The highest BCUT2D eigenvalue weighted by atomic mass is 35.5. The number of H-pyrrole nitrogens is 1. The lowest BCUT2D eigenvalue weighted by Crippen LogP contribution is -2.26. The van der Waals surface area contributed by atoms with Crippen molar-refractivity contribution < 1.29 is 51.9 Å². The van der Waals surface area contributed by atoms with Crippen molar-refractivity contribution in [3.63, 3.8) is 0 Å². The van der Waals surface area contributed by atoms with Gasteiger partial charge in [-0.2, -0.15) is 4.98 Å². The van der Waals surface area contributed by atoms with Gasteiger partial charge in [-0.3, -0.25) is 28.0 Å². The number of alkyl halides is 1. The highest BCUT2D eigenvalue weighted by Gasteiger charge is 2.49. The number of fused-ring (bicyclic) bond motifs is 1. The molecule has 5 unspecified atom stereocenters. The molecule has 0 saturated carbocycles. The average molecular weight is 540 g/mol. The van der Waals surface area contributed by atoms with E-state index in [0.717, 1.165) is 0 Å². The molecule has 6 atom stereocenters. The van der Waals surface area contributed by atoms with Crippen LogP contribution >= 0.6 is 34.6 Å². The smallest absolute Gasteiger partial charge is 0.390 e. The standard InChI is InChI=1S/C11H17ClN5O12P3/c12-10(30(20,21)22)31(23,24)29-32(25,26)27-2-5-4(18)1-6(28-5)17-3-14-7-8(17)15-11(13)16-9(7)19/h3-6,10,18H,1-2H2,(H,23,24)(H,25,26)(H2,20,21,22)(H3,13,15,16,19)/t4?,5?,6?,10-/m1/s1. The van der Waals surface area contributed by atoms with E-state index in [1.165, 1.54) is 10.9 Å². The van der Waals surface area contributed by atoms with Crippen LogP contribution in [-0.2, 0) is 27.3 Å². The maximum absolute atomic E-state index is 11.9. The molecular formula is C11H17ClN5O12P3. The van der Waals surface area contributed by atoms with Crippen molar-refractivity contribution in [3.05, 3.63) is 16.7 Å². The van der Waals surface area contributed by atoms with Crippen LogP contribution in [0.4, 0.5) is 5.95 Å². The zero-order valence-corrected chi connectivity index (χ0v) is 19.0. The lowest BCUT2D eigenvalue weighted by Gasteiger charge is -2.22. The maximum Gasteiger partial charge on any atom is 0.479 e. The number of rotatable bonds is 8. The Morgan fingerprint density at radius 2 is 2.00 bits per heavy atom. The van der Waals surface area contributed by atoms with E-state index in [4.69, 9.17) is 31.9 Å². The van der Waals surface area contributed by atoms with Gasteiger partial charge in [0, 0.05) is 6.42 Å². The lowest BCUT2D eigenvalue weighted by atomic mass is 10.2. The van der Waals surface area contributed by atoms with E-state index in [2.05, 4.69) is 23.8 Å². The Bertz CT molecular complexity index is 1210. The third-order valence-corrected chi connectivity index (χ3v) is 10.7. The summed E-state index contributed by atoms with van der Waals surface area (Å²) < 4.78 is 50.0. The Kier molecular flexibility index (Phi) is 7.05. The van der Waals surface area contributed by atoms with E-state index >= 15 is 0 Å². The minimum absolute atomic E-state index is 0.0491. The molecule has 0 bridgehead atoms. The van der Waals surface area contributed by atoms with Crippen molar-refractivity contribution >= 4 is 51.7 Å². The summed E-state index contributed by atoms with van der Waals surface area (Å²) in [5.74, 6) is -0.192. The Morgan fingerprint density at radius 1 is 1.34 bits per heavy atom. The molecule has 21 heteroatoms. The van der Waals surface area contributed by atoms with Crippen LogP contribution in [0.5, 0.6) is 0 Å². The summed E-state index contributed by atoms with van der Waals surface area (Å²) >= 11 is 5.15. The number of anilines is 1. The normalized spacial score (nSPS) is 26.6. The highest BCUT2D eigenvalue weighted by molar-refractivity contribution is 7.77. The molecule has 1 saturated heterocycles. The van der Waals surface area contributed by atoms with Crippen molar-refractivity contribution in [2.45, 2.75) is 29.7 Å². The molecule has 3 heterocycles. The number of halogens is 1.